The third-order valence-corrected chi connectivity index (χ3v) is 11.2. The summed E-state index contributed by atoms with van der Waals surface area (Å²) in [5.41, 5.74) is 0.648. The number of Topliss-reactive ketones (excluding diaryl/α,β-unsaturated/α-hetero) is 1. The zero-order chi connectivity index (χ0) is 14.6. The first kappa shape index (κ1) is 17.4. The van der Waals surface area contributed by atoms with Crippen LogP contribution in [-0.4, -0.2) is 24.9 Å². The Balaban J connectivity index is 4.16. The first-order valence-corrected chi connectivity index (χ1v) is 9.79. The average molecular weight is 272 g/mol. The van der Waals surface area contributed by atoms with E-state index in [0.717, 1.165) is 12.8 Å². The highest BCUT2D eigenvalue weighted by molar-refractivity contribution is 6.81. The summed E-state index contributed by atoms with van der Waals surface area (Å²) in [4.78, 5) is 21.7. The van der Waals surface area contributed by atoms with Gasteiger partial charge in [-0.2, -0.15) is 0 Å². The van der Waals surface area contributed by atoms with Crippen LogP contribution in [0.15, 0.2) is 0 Å². The molecular formula is C14H28O3Si. The van der Waals surface area contributed by atoms with Gasteiger partial charge in [0.05, 0.1) is 8.07 Å². The lowest BCUT2D eigenvalue weighted by atomic mass is 10.1. The third kappa shape index (κ3) is 5.34. The van der Waals surface area contributed by atoms with Crippen molar-refractivity contribution in [2.75, 3.05) is 0 Å². The van der Waals surface area contributed by atoms with E-state index in [2.05, 4.69) is 40.8 Å². The summed E-state index contributed by atoms with van der Waals surface area (Å²) >= 11 is 0. The molecule has 3 nitrogen and oxygen atoms in total. The average Bonchev–Trinajstić information content (AvgIpc) is 2.14. The van der Waals surface area contributed by atoms with E-state index >= 15 is 0 Å². The third-order valence-electron chi connectivity index (χ3n) is 4.61. The highest BCUT2D eigenvalue weighted by Crippen LogP contribution is 2.45. The lowest BCUT2D eigenvalue weighted by Crippen LogP contribution is -2.41. The number of carbonyl (C=O) groups is 2. The van der Waals surface area contributed by atoms with Gasteiger partial charge in [0, 0.05) is 6.42 Å². The summed E-state index contributed by atoms with van der Waals surface area (Å²) in [5.74, 6) is -1.16. The van der Waals surface area contributed by atoms with Gasteiger partial charge in [0.2, 0.25) is 0 Å². The molecule has 106 valence electrons. The molecule has 0 unspecified atom stereocenters. The van der Waals surface area contributed by atoms with E-state index in [1.54, 1.807) is 0 Å². The van der Waals surface area contributed by atoms with Crippen molar-refractivity contribution in [1.82, 2.24) is 0 Å². The number of carbonyl (C=O) groups excluding carboxylic acids is 1. The molecule has 4 heteroatoms. The first-order chi connectivity index (χ1) is 7.98. The van der Waals surface area contributed by atoms with Crippen molar-refractivity contribution in [3.63, 3.8) is 0 Å². The van der Waals surface area contributed by atoms with Gasteiger partial charge in [-0.1, -0.05) is 47.2 Å². The summed E-state index contributed by atoms with van der Waals surface area (Å²) in [6, 6.07) is 0. The van der Waals surface area contributed by atoms with Gasteiger partial charge < -0.3 is 5.11 Å². The van der Waals surface area contributed by atoms with Crippen molar-refractivity contribution in [2.45, 2.75) is 77.1 Å². The highest BCUT2D eigenvalue weighted by Gasteiger charge is 2.39. The van der Waals surface area contributed by atoms with Crippen LogP contribution in [-0.2, 0) is 9.59 Å². The van der Waals surface area contributed by atoms with Crippen LogP contribution in [0, 0.1) is 0 Å². The fraction of sp³-hybridized carbons (Fsp3) is 0.857. The Kier molecular flexibility index (Phi) is 6.27. The molecule has 0 bridgehead atoms. The molecule has 0 aromatic rings. The zero-order valence-electron chi connectivity index (χ0n) is 12.7. The molecule has 0 radical (unpaired) electrons. The monoisotopic (exact) mass is 272 g/mol. The molecule has 0 heterocycles. The second-order valence-electron chi connectivity index (χ2n) is 6.87. The molecule has 0 fully saturated rings. The summed E-state index contributed by atoms with van der Waals surface area (Å²) in [5, 5.41) is 8.87. The van der Waals surface area contributed by atoms with Crippen LogP contribution in [0.4, 0.5) is 0 Å². The maximum absolute atomic E-state index is 11.3. The van der Waals surface area contributed by atoms with E-state index in [1.165, 1.54) is 0 Å². The van der Waals surface area contributed by atoms with Crippen molar-refractivity contribution in [3.8, 4) is 0 Å². The summed E-state index contributed by atoms with van der Waals surface area (Å²) in [6.07, 6.45) is 1.93. The van der Waals surface area contributed by atoms with Gasteiger partial charge in [-0.15, -0.1) is 0 Å². The maximum Gasteiger partial charge on any atom is 0.310 e. The molecule has 0 aromatic heterocycles. The minimum atomic E-state index is -1.34. The minimum absolute atomic E-state index is 0.148. The first-order valence-electron chi connectivity index (χ1n) is 6.72. The zero-order valence-corrected chi connectivity index (χ0v) is 13.7. The SMILES string of the molecule is C[C@H](CCCC(=O)CC(=O)O)[Si](C)(C)C(C)(C)C. The van der Waals surface area contributed by atoms with Crippen molar-refractivity contribution in [2.24, 2.45) is 0 Å². The van der Waals surface area contributed by atoms with E-state index in [9.17, 15) is 9.59 Å². The van der Waals surface area contributed by atoms with E-state index in [0.29, 0.717) is 17.0 Å². The van der Waals surface area contributed by atoms with Crippen molar-refractivity contribution < 1.29 is 14.7 Å². The number of hydrogen-bond donors (Lipinski definition) is 1. The Morgan fingerprint density at radius 1 is 1.22 bits per heavy atom. The van der Waals surface area contributed by atoms with E-state index < -0.39 is 14.0 Å². The van der Waals surface area contributed by atoms with Gasteiger partial charge in [-0.25, -0.2) is 0 Å². The normalized spacial score (nSPS) is 14.3. The fourth-order valence-electron chi connectivity index (χ4n) is 1.96. The Labute approximate surface area is 112 Å². The lowest BCUT2D eigenvalue weighted by molar-refractivity contribution is -0.140. The highest BCUT2D eigenvalue weighted by atomic mass is 28.3. The van der Waals surface area contributed by atoms with Gasteiger partial charge in [-0.05, 0) is 17.0 Å². The van der Waals surface area contributed by atoms with E-state index in [1.807, 2.05) is 0 Å². The molecule has 0 saturated carbocycles. The Hall–Kier alpha value is -0.643. The molecule has 1 N–H and O–H groups in total. The van der Waals surface area contributed by atoms with Crippen LogP contribution in [0.3, 0.4) is 0 Å². The molecule has 0 aliphatic carbocycles. The summed E-state index contributed by atoms with van der Waals surface area (Å²) in [6.45, 7) is 14.0. The Morgan fingerprint density at radius 3 is 2.11 bits per heavy atom. The quantitative estimate of drug-likeness (QED) is 0.561. The number of rotatable bonds is 7. The van der Waals surface area contributed by atoms with E-state index in [4.69, 9.17) is 5.11 Å². The van der Waals surface area contributed by atoms with Crippen LogP contribution < -0.4 is 0 Å². The van der Waals surface area contributed by atoms with Gasteiger partial charge >= 0.3 is 5.97 Å². The molecule has 1 atom stereocenters. The second kappa shape index (κ2) is 6.50. The predicted molar refractivity (Wildman–Crippen MR) is 77.7 cm³/mol. The topological polar surface area (TPSA) is 54.4 Å². The van der Waals surface area contributed by atoms with Crippen molar-refractivity contribution in [3.05, 3.63) is 0 Å². The number of carboxylic acid groups (broad SMARTS) is 1. The summed E-state index contributed by atoms with van der Waals surface area (Å²) in [7, 11) is -1.34. The maximum atomic E-state index is 11.3. The van der Waals surface area contributed by atoms with Gasteiger partial charge in [-0.3, -0.25) is 9.59 Å². The van der Waals surface area contributed by atoms with Gasteiger partial charge in [0.1, 0.15) is 12.2 Å². The molecule has 0 amide bonds. The number of ketones is 1. The molecule has 0 spiro atoms. The van der Waals surface area contributed by atoms with Crippen molar-refractivity contribution >= 4 is 19.8 Å². The molecule has 0 rings (SSSR count). The number of carboxylic acids is 1. The molecule has 0 saturated heterocycles. The predicted octanol–water partition coefficient (Wildman–Crippen LogP) is 4.10. The smallest absolute Gasteiger partial charge is 0.310 e. The molecule has 18 heavy (non-hydrogen) atoms. The van der Waals surface area contributed by atoms with Crippen LogP contribution in [0.1, 0.15) is 53.4 Å². The Bertz CT molecular complexity index is 303. The van der Waals surface area contributed by atoms with Crippen LogP contribution >= 0.6 is 0 Å². The molecule has 0 aliphatic rings. The van der Waals surface area contributed by atoms with Crippen molar-refractivity contribution in [1.29, 1.82) is 0 Å². The number of aliphatic carboxylic acids is 1. The fourth-order valence-corrected chi connectivity index (χ4v) is 4.37. The van der Waals surface area contributed by atoms with Crippen LogP contribution in [0.25, 0.3) is 0 Å². The van der Waals surface area contributed by atoms with Gasteiger partial charge in [0.15, 0.2) is 0 Å². The second-order valence-corrected chi connectivity index (χ2v) is 12.8. The largest absolute Gasteiger partial charge is 0.481 e. The summed E-state index contributed by atoms with van der Waals surface area (Å²) < 4.78 is 0. The number of hydrogen-bond acceptors (Lipinski definition) is 2. The van der Waals surface area contributed by atoms with Crippen LogP contribution in [0.2, 0.25) is 23.7 Å². The Morgan fingerprint density at radius 2 is 1.72 bits per heavy atom. The minimum Gasteiger partial charge on any atom is -0.481 e. The van der Waals surface area contributed by atoms with Gasteiger partial charge in [0.25, 0.3) is 0 Å². The van der Waals surface area contributed by atoms with E-state index in [-0.39, 0.29) is 12.2 Å². The standard InChI is InChI=1S/C14H28O3Si/c1-11(18(5,6)14(2,3)4)8-7-9-12(15)10-13(16)17/h11H,7-10H2,1-6H3,(H,16,17)/t11-/m1/s1. The lowest BCUT2D eigenvalue weighted by Gasteiger charge is -2.42. The molecular weight excluding hydrogens is 244 g/mol. The molecule has 0 aromatic carbocycles. The van der Waals surface area contributed by atoms with Crippen LogP contribution in [0.5, 0.6) is 0 Å². The molecule has 0 aliphatic heterocycles.